The number of carbonyl (C=O) groups excluding carboxylic acids is 1. The zero-order valence-corrected chi connectivity index (χ0v) is 20.5. The van der Waals surface area contributed by atoms with Crippen LogP contribution in [0, 0.1) is 17.1 Å². The van der Waals surface area contributed by atoms with E-state index < -0.39 is 5.82 Å². The van der Waals surface area contributed by atoms with Crippen LogP contribution in [0.25, 0.3) is 10.8 Å². The third-order valence-electron chi connectivity index (χ3n) is 8.05. The van der Waals surface area contributed by atoms with Gasteiger partial charge in [0.25, 0.3) is 0 Å². The van der Waals surface area contributed by atoms with Crippen molar-refractivity contribution in [2.75, 3.05) is 31.1 Å². The number of hydrogen-bond acceptors (Lipinski definition) is 5. The number of quaternary nitrogens is 1. The number of phenols is 1. The van der Waals surface area contributed by atoms with Crippen LogP contribution in [0.5, 0.6) is 5.75 Å². The summed E-state index contributed by atoms with van der Waals surface area (Å²) in [4.78, 5) is 22.0. The zero-order valence-electron chi connectivity index (χ0n) is 20.5. The number of fused-ring (bicyclic) bond motifs is 2. The van der Waals surface area contributed by atoms with E-state index in [0.717, 1.165) is 40.8 Å². The number of aromatic hydroxyl groups is 1. The number of carbonyl (C=O) groups is 1. The summed E-state index contributed by atoms with van der Waals surface area (Å²) in [6, 6.07) is 17.8. The number of phenolic OH excluding ortho intramolecular Hbond substituents is 1. The molecule has 1 fully saturated rings. The van der Waals surface area contributed by atoms with Crippen molar-refractivity contribution in [3.8, 4) is 11.8 Å². The molecule has 186 valence electrons. The number of piperazine rings is 1. The number of benzene rings is 3. The van der Waals surface area contributed by atoms with E-state index >= 15 is 0 Å². The molecular formula is C29H27FN5O2+. The fraction of sp³-hybridized carbons (Fsp3) is 0.276. The lowest BCUT2D eigenvalue weighted by Crippen LogP contribution is -2.59. The van der Waals surface area contributed by atoms with Crippen molar-refractivity contribution < 1.29 is 14.3 Å². The van der Waals surface area contributed by atoms with E-state index in [2.05, 4.69) is 16.0 Å². The first-order chi connectivity index (χ1) is 17.9. The molecule has 3 atom stereocenters. The van der Waals surface area contributed by atoms with E-state index in [9.17, 15) is 14.3 Å². The molecule has 0 spiro atoms. The number of anilines is 1. The Labute approximate surface area is 214 Å². The third-order valence-corrected chi connectivity index (χ3v) is 8.05. The summed E-state index contributed by atoms with van der Waals surface area (Å²) in [7, 11) is 0. The van der Waals surface area contributed by atoms with E-state index in [-0.39, 0.29) is 29.4 Å². The van der Waals surface area contributed by atoms with Crippen molar-refractivity contribution in [1.29, 1.82) is 5.26 Å². The molecule has 7 nitrogen and oxygen atoms in total. The highest BCUT2D eigenvalue weighted by Crippen LogP contribution is 2.41. The van der Waals surface area contributed by atoms with E-state index in [1.54, 1.807) is 12.1 Å². The second-order valence-corrected chi connectivity index (χ2v) is 9.92. The quantitative estimate of drug-likeness (QED) is 0.549. The van der Waals surface area contributed by atoms with Crippen molar-refractivity contribution in [1.82, 2.24) is 9.38 Å². The molecular weight excluding hydrogens is 469 g/mol. The largest absolute Gasteiger partial charge is 0.508 e. The lowest BCUT2D eigenvalue weighted by atomic mass is 9.99. The predicted octanol–water partition coefficient (Wildman–Crippen LogP) is 4.30. The van der Waals surface area contributed by atoms with E-state index in [4.69, 9.17) is 5.26 Å². The Morgan fingerprint density at radius 1 is 1.16 bits per heavy atom. The summed E-state index contributed by atoms with van der Waals surface area (Å²) in [6.07, 6.45) is 4.74. The van der Waals surface area contributed by atoms with Crippen LogP contribution >= 0.6 is 0 Å². The number of allylic oxidation sites excluding steroid dienone is 1. The Morgan fingerprint density at radius 3 is 2.81 bits per heavy atom. The highest BCUT2D eigenvalue weighted by Gasteiger charge is 2.48. The van der Waals surface area contributed by atoms with Gasteiger partial charge in [-0.25, -0.2) is 13.9 Å². The molecule has 0 aliphatic carbocycles. The van der Waals surface area contributed by atoms with Gasteiger partial charge in [0.05, 0.1) is 30.6 Å². The molecule has 0 radical (unpaired) electrons. The average Bonchev–Trinajstić information content (AvgIpc) is 3.24. The maximum Gasteiger partial charge on any atom is 0.241 e. The predicted molar refractivity (Wildman–Crippen MR) is 142 cm³/mol. The van der Waals surface area contributed by atoms with Crippen molar-refractivity contribution in [2.24, 2.45) is 4.99 Å². The van der Waals surface area contributed by atoms with Gasteiger partial charge >= 0.3 is 0 Å². The van der Waals surface area contributed by atoms with Crippen molar-refractivity contribution in [3.05, 3.63) is 77.8 Å². The minimum absolute atomic E-state index is 0.0226. The first-order valence-electron chi connectivity index (χ1n) is 12.5. The Morgan fingerprint density at radius 2 is 2.03 bits per heavy atom. The molecule has 3 aromatic rings. The summed E-state index contributed by atoms with van der Waals surface area (Å²) in [6.45, 7) is 4.31. The van der Waals surface area contributed by atoms with Gasteiger partial charge in [-0.2, -0.15) is 5.26 Å². The van der Waals surface area contributed by atoms with Gasteiger partial charge in [0.1, 0.15) is 23.3 Å². The lowest BCUT2D eigenvalue weighted by Gasteiger charge is -2.44. The smallest absolute Gasteiger partial charge is 0.241 e. The lowest BCUT2D eigenvalue weighted by molar-refractivity contribution is -0.121. The molecule has 3 aliphatic rings. The summed E-state index contributed by atoms with van der Waals surface area (Å²) in [5.41, 5.74) is 2.63. The minimum Gasteiger partial charge on any atom is -0.508 e. The van der Waals surface area contributed by atoms with E-state index in [1.165, 1.54) is 12.1 Å². The zero-order chi connectivity index (χ0) is 25.7. The number of halogens is 1. The van der Waals surface area contributed by atoms with Crippen LogP contribution in [-0.2, 0) is 4.79 Å². The summed E-state index contributed by atoms with van der Waals surface area (Å²) < 4.78 is 15.0. The first kappa shape index (κ1) is 23.3. The number of amides is 1. The van der Waals surface area contributed by atoms with Gasteiger partial charge in [0, 0.05) is 50.0 Å². The van der Waals surface area contributed by atoms with Gasteiger partial charge in [-0.3, -0.25) is 9.69 Å². The molecule has 6 rings (SSSR count). The van der Waals surface area contributed by atoms with Gasteiger partial charge in [0.15, 0.2) is 11.9 Å². The maximum absolute atomic E-state index is 14.5. The van der Waals surface area contributed by atoms with Crippen LogP contribution in [0.2, 0.25) is 0 Å². The molecule has 8 heteroatoms. The summed E-state index contributed by atoms with van der Waals surface area (Å²) >= 11 is 0. The average molecular weight is 497 g/mol. The second-order valence-electron chi connectivity index (χ2n) is 9.92. The van der Waals surface area contributed by atoms with E-state index in [0.29, 0.717) is 24.1 Å². The van der Waals surface area contributed by atoms with Crippen LogP contribution in [0.3, 0.4) is 0 Å². The molecule has 0 aromatic heterocycles. The first-order valence-corrected chi connectivity index (χ1v) is 12.5. The molecule has 0 bridgehead atoms. The fourth-order valence-electron chi connectivity index (χ4n) is 6.06. The molecule has 1 saturated heterocycles. The second kappa shape index (κ2) is 8.80. The van der Waals surface area contributed by atoms with Crippen molar-refractivity contribution in [3.63, 3.8) is 0 Å². The molecule has 37 heavy (non-hydrogen) atoms. The topological polar surface area (TPSA) is 79.9 Å². The summed E-state index contributed by atoms with van der Waals surface area (Å²) in [5.74, 6) is -0.318. The number of hydrogen-bond donors (Lipinski definition) is 1. The standard InChI is InChI=1S/C29H26FN5O2/c1-19-32-17-24-13-22(9-12-35(19,24)23-7-5-21(16-31)27(30)14-23)33-10-11-34(29(37)18-33)28-4-2-3-20-6-8-25(36)15-26(20)28/h2-8,13-15,17,19,22H,9-12,18H2,1H3/p+1/t19-,22?,35-/m0/s1. The highest BCUT2D eigenvalue weighted by atomic mass is 19.1. The van der Waals surface area contributed by atoms with Crippen LogP contribution in [0.15, 0.2) is 71.4 Å². The Kier molecular flexibility index (Phi) is 5.55. The normalized spacial score (nSPS) is 25.7. The van der Waals surface area contributed by atoms with Crippen LogP contribution < -0.4 is 9.38 Å². The molecule has 0 saturated carbocycles. The summed E-state index contributed by atoms with van der Waals surface area (Å²) in [5, 5.41) is 21.0. The number of aliphatic imine (C=N–C) groups is 1. The van der Waals surface area contributed by atoms with Crippen LogP contribution in [-0.4, -0.2) is 60.5 Å². The Hall–Kier alpha value is -4.06. The Bertz CT molecular complexity index is 1530. The van der Waals surface area contributed by atoms with E-state index in [1.807, 2.05) is 54.4 Å². The fourth-order valence-corrected chi connectivity index (χ4v) is 6.06. The monoisotopic (exact) mass is 496 g/mol. The molecule has 1 amide bonds. The molecule has 1 unspecified atom stereocenters. The Balaban J connectivity index is 1.25. The molecule has 3 aliphatic heterocycles. The van der Waals surface area contributed by atoms with Gasteiger partial charge in [0.2, 0.25) is 5.91 Å². The number of nitriles is 1. The van der Waals surface area contributed by atoms with Gasteiger partial charge in [-0.05, 0) is 35.7 Å². The van der Waals surface area contributed by atoms with Crippen LogP contribution in [0.4, 0.5) is 15.8 Å². The SMILES string of the molecule is C[C@H]1N=CC2=CC(N3CCN(c4cccc5ccc(O)cc45)C(=O)C3)CC[N@+]21c1ccc(C#N)c(F)c1. The number of rotatable bonds is 3. The van der Waals surface area contributed by atoms with Crippen molar-refractivity contribution >= 4 is 34.3 Å². The molecule has 3 aromatic carbocycles. The van der Waals surface area contributed by atoms with Gasteiger partial charge in [-0.1, -0.05) is 18.2 Å². The maximum atomic E-state index is 14.5. The third kappa shape index (κ3) is 3.70. The van der Waals surface area contributed by atoms with Crippen molar-refractivity contribution in [2.45, 2.75) is 25.6 Å². The van der Waals surface area contributed by atoms with Gasteiger partial charge in [-0.15, -0.1) is 0 Å². The number of nitrogens with zero attached hydrogens (tertiary/aromatic N) is 5. The van der Waals surface area contributed by atoms with Crippen LogP contribution in [0.1, 0.15) is 18.9 Å². The highest BCUT2D eigenvalue weighted by molar-refractivity contribution is 6.05. The van der Waals surface area contributed by atoms with Gasteiger partial charge < -0.3 is 10.0 Å². The minimum atomic E-state index is -0.517. The molecule has 3 heterocycles. The molecule has 1 N–H and O–H groups in total.